The summed E-state index contributed by atoms with van der Waals surface area (Å²) in [5.41, 5.74) is 6.85. The van der Waals surface area contributed by atoms with Gasteiger partial charge in [-0.2, -0.15) is 0 Å². The number of benzene rings is 1. The number of nitrogen functional groups attached to an aromatic ring is 1. The van der Waals surface area contributed by atoms with Crippen LogP contribution in [0, 0.1) is 0 Å². The minimum absolute atomic E-state index is 0.0532. The molecule has 1 aromatic rings. The largest absolute Gasteiger partial charge is 0.397 e. The second-order valence-electron chi connectivity index (χ2n) is 4.41. The standard InChI is InChI=1S/C13H17N3O2/c14-10-5-1-2-6-11(10)15-12(17)9-16-8-4-3-7-13(16)18/h1-2,5-6H,3-4,7-9,14H2,(H,15,17). The third kappa shape index (κ3) is 3.00. The van der Waals surface area contributed by atoms with Crippen LogP contribution in [-0.2, 0) is 9.59 Å². The van der Waals surface area contributed by atoms with Gasteiger partial charge in [0.25, 0.3) is 0 Å². The van der Waals surface area contributed by atoms with Crippen molar-refractivity contribution in [1.82, 2.24) is 4.90 Å². The molecule has 0 aliphatic carbocycles. The zero-order valence-corrected chi connectivity index (χ0v) is 10.2. The van der Waals surface area contributed by atoms with E-state index in [1.165, 1.54) is 0 Å². The molecule has 5 nitrogen and oxygen atoms in total. The summed E-state index contributed by atoms with van der Waals surface area (Å²) in [6.07, 6.45) is 2.43. The van der Waals surface area contributed by atoms with Crippen LogP contribution >= 0.6 is 0 Å². The molecule has 18 heavy (non-hydrogen) atoms. The van der Waals surface area contributed by atoms with Crippen molar-refractivity contribution in [3.63, 3.8) is 0 Å². The SMILES string of the molecule is Nc1ccccc1NC(=O)CN1CCCCC1=O. The molecule has 0 aromatic heterocycles. The summed E-state index contributed by atoms with van der Waals surface area (Å²) in [4.78, 5) is 25.0. The molecule has 0 radical (unpaired) electrons. The Bertz CT molecular complexity index is 459. The monoisotopic (exact) mass is 247 g/mol. The highest BCUT2D eigenvalue weighted by atomic mass is 16.2. The Morgan fingerprint density at radius 1 is 1.33 bits per heavy atom. The predicted octanol–water partition coefficient (Wildman–Crippen LogP) is 1.22. The molecule has 1 saturated heterocycles. The van der Waals surface area contributed by atoms with Crippen molar-refractivity contribution < 1.29 is 9.59 Å². The first-order chi connectivity index (χ1) is 8.66. The number of nitrogens with one attached hydrogen (secondary N) is 1. The molecule has 1 aromatic carbocycles. The van der Waals surface area contributed by atoms with E-state index in [-0.39, 0.29) is 18.4 Å². The van der Waals surface area contributed by atoms with Gasteiger partial charge in [-0.15, -0.1) is 0 Å². The molecule has 0 spiro atoms. The summed E-state index contributed by atoms with van der Waals surface area (Å²) in [6.45, 7) is 0.768. The van der Waals surface area contributed by atoms with Crippen molar-refractivity contribution in [1.29, 1.82) is 0 Å². The topological polar surface area (TPSA) is 75.4 Å². The number of nitrogens with zero attached hydrogens (tertiary/aromatic N) is 1. The lowest BCUT2D eigenvalue weighted by atomic mass is 10.1. The van der Waals surface area contributed by atoms with Crippen LogP contribution in [0.15, 0.2) is 24.3 Å². The lowest BCUT2D eigenvalue weighted by Gasteiger charge is -2.26. The average Bonchev–Trinajstić information content (AvgIpc) is 2.35. The van der Waals surface area contributed by atoms with Gasteiger partial charge in [0.05, 0.1) is 17.9 Å². The van der Waals surface area contributed by atoms with E-state index in [4.69, 9.17) is 5.73 Å². The van der Waals surface area contributed by atoms with Crippen LogP contribution in [0.3, 0.4) is 0 Å². The molecule has 0 atom stereocenters. The number of carbonyl (C=O) groups excluding carboxylic acids is 2. The fourth-order valence-corrected chi connectivity index (χ4v) is 2.00. The van der Waals surface area contributed by atoms with Gasteiger partial charge >= 0.3 is 0 Å². The van der Waals surface area contributed by atoms with Crippen LogP contribution in [-0.4, -0.2) is 29.8 Å². The van der Waals surface area contributed by atoms with E-state index >= 15 is 0 Å². The molecule has 5 heteroatoms. The van der Waals surface area contributed by atoms with E-state index in [9.17, 15) is 9.59 Å². The number of amides is 2. The number of para-hydroxylation sites is 2. The zero-order chi connectivity index (χ0) is 13.0. The number of carbonyl (C=O) groups is 2. The molecular weight excluding hydrogens is 230 g/mol. The molecule has 1 heterocycles. The molecule has 96 valence electrons. The lowest BCUT2D eigenvalue weighted by Crippen LogP contribution is -2.40. The summed E-state index contributed by atoms with van der Waals surface area (Å²) in [5, 5.41) is 2.72. The molecule has 1 fully saturated rings. The van der Waals surface area contributed by atoms with E-state index in [1.54, 1.807) is 29.2 Å². The van der Waals surface area contributed by atoms with Gasteiger partial charge in [-0.3, -0.25) is 9.59 Å². The second-order valence-corrected chi connectivity index (χ2v) is 4.41. The highest BCUT2D eigenvalue weighted by Crippen LogP contribution is 2.17. The molecule has 3 N–H and O–H groups in total. The second kappa shape index (κ2) is 5.53. The van der Waals surface area contributed by atoms with Gasteiger partial charge < -0.3 is 16.0 Å². The Morgan fingerprint density at radius 3 is 2.83 bits per heavy atom. The third-order valence-electron chi connectivity index (χ3n) is 2.99. The van der Waals surface area contributed by atoms with Crippen molar-refractivity contribution in [3.8, 4) is 0 Å². The molecule has 2 amide bonds. The van der Waals surface area contributed by atoms with Gasteiger partial charge in [-0.1, -0.05) is 12.1 Å². The maximum absolute atomic E-state index is 11.8. The van der Waals surface area contributed by atoms with Crippen LogP contribution < -0.4 is 11.1 Å². The van der Waals surface area contributed by atoms with Crippen LogP contribution in [0.2, 0.25) is 0 Å². The Balaban J connectivity index is 1.92. The van der Waals surface area contributed by atoms with Crippen LogP contribution in [0.25, 0.3) is 0 Å². The van der Waals surface area contributed by atoms with Crippen molar-refractivity contribution in [2.45, 2.75) is 19.3 Å². The Labute approximate surface area is 106 Å². The van der Waals surface area contributed by atoms with E-state index in [0.717, 1.165) is 12.8 Å². The Kier molecular flexibility index (Phi) is 3.82. The van der Waals surface area contributed by atoms with Crippen LogP contribution in [0.4, 0.5) is 11.4 Å². The number of likely N-dealkylation sites (tertiary alicyclic amines) is 1. The highest BCUT2D eigenvalue weighted by Gasteiger charge is 2.20. The Morgan fingerprint density at radius 2 is 2.11 bits per heavy atom. The number of anilines is 2. The average molecular weight is 247 g/mol. The quantitative estimate of drug-likeness (QED) is 0.788. The summed E-state index contributed by atoms with van der Waals surface area (Å²) in [6, 6.07) is 7.07. The highest BCUT2D eigenvalue weighted by molar-refractivity contribution is 5.96. The molecule has 0 bridgehead atoms. The van der Waals surface area contributed by atoms with Crippen molar-refractivity contribution >= 4 is 23.2 Å². The minimum atomic E-state index is -0.205. The van der Waals surface area contributed by atoms with Gasteiger partial charge in [0, 0.05) is 13.0 Å². The minimum Gasteiger partial charge on any atom is -0.397 e. The fraction of sp³-hybridized carbons (Fsp3) is 0.385. The molecule has 0 unspecified atom stereocenters. The normalized spacial score (nSPS) is 15.6. The van der Waals surface area contributed by atoms with Crippen LogP contribution in [0.5, 0.6) is 0 Å². The van der Waals surface area contributed by atoms with Crippen molar-refractivity contribution in [2.24, 2.45) is 0 Å². The number of piperidine rings is 1. The summed E-state index contributed by atoms with van der Waals surface area (Å²) < 4.78 is 0. The zero-order valence-electron chi connectivity index (χ0n) is 10.2. The molecule has 1 aliphatic rings. The number of hydrogen-bond acceptors (Lipinski definition) is 3. The summed E-state index contributed by atoms with van der Waals surface area (Å²) >= 11 is 0. The van der Waals surface area contributed by atoms with Crippen molar-refractivity contribution in [3.05, 3.63) is 24.3 Å². The van der Waals surface area contributed by atoms with E-state index in [1.807, 2.05) is 0 Å². The fourth-order valence-electron chi connectivity index (χ4n) is 2.00. The number of rotatable bonds is 3. The predicted molar refractivity (Wildman–Crippen MR) is 69.9 cm³/mol. The first-order valence-electron chi connectivity index (χ1n) is 6.09. The van der Waals surface area contributed by atoms with Gasteiger partial charge in [-0.25, -0.2) is 0 Å². The molecule has 1 aliphatic heterocycles. The van der Waals surface area contributed by atoms with Gasteiger partial charge in [0.1, 0.15) is 0 Å². The summed E-state index contributed by atoms with van der Waals surface area (Å²) in [7, 11) is 0. The first kappa shape index (κ1) is 12.4. The Hall–Kier alpha value is -2.04. The van der Waals surface area contributed by atoms with E-state index in [2.05, 4.69) is 5.32 Å². The molecular formula is C13H17N3O2. The van der Waals surface area contributed by atoms with Gasteiger partial charge in [0.15, 0.2) is 0 Å². The maximum Gasteiger partial charge on any atom is 0.244 e. The number of nitrogens with two attached hydrogens (primary N) is 1. The number of hydrogen-bond donors (Lipinski definition) is 2. The van der Waals surface area contributed by atoms with E-state index < -0.39 is 0 Å². The first-order valence-corrected chi connectivity index (χ1v) is 6.09. The lowest BCUT2D eigenvalue weighted by molar-refractivity contribution is -0.136. The molecule has 2 rings (SSSR count). The van der Waals surface area contributed by atoms with Crippen molar-refractivity contribution in [2.75, 3.05) is 24.1 Å². The maximum atomic E-state index is 11.8. The smallest absolute Gasteiger partial charge is 0.244 e. The molecule has 0 saturated carbocycles. The van der Waals surface area contributed by atoms with Crippen LogP contribution in [0.1, 0.15) is 19.3 Å². The van der Waals surface area contributed by atoms with Gasteiger partial charge in [0.2, 0.25) is 11.8 Å². The van der Waals surface area contributed by atoms with E-state index in [0.29, 0.717) is 24.3 Å². The van der Waals surface area contributed by atoms with Gasteiger partial charge in [-0.05, 0) is 25.0 Å². The summed E-state index contributed by atoms with van der Waals surface area (Å²) in [5.74, 6) is -0.152. The third-order valence-corrected chi connectivity index (χ3v) is 2.99.